The smallest absolute Gasteiger partial charge is 0.321 e. The van der Waals surface area contributed by atoms with Crippen LogP contribution in [0.4, 0.5) is 16.2 Å². The molecule has 2 N–H and O–H groups in total. The minimum atomic E-state index is -0.758. The molecule has 1 heterocycles. The lowest BCUT2D eigenvalue weighted by Crippen LogP contribution is -2.41. The summed E-state index contributed by atoms with van der Waals surface area (Å²) in [4.78, 5) is 32.1. The number of nitrogens with zero attached hydrogens (tertiary/aromatic N) is 2. The molecular weight excluding hydrogens is 456 g/mol. The monoisotopic (exact) mass is 486 g/mol. The van der Waals surface area contributed by atoms with Crippen molar-refractivity contribution in [1.29, 1.82) is 0 Å². The normalized spacial score (nSPS) is 13.9. The number of anilines is 2. The van der Waals surface area contributed by atoms with Crippen LogP contribution in [-0.2, 0) is 16.2 Å². The fourth-order valence-corrected chi connectivity index (χ4v) is 3.60. The average Bonchev–Trinajstić information content (AvgIpc) is 2.92. The van der Waals surface area contributed by atoms with Crippen LogP contribution in [0.5, 0.6) is 5.75 Å². The Kier molecular flexibility index (Phi) is 8.53. The maximum Gasteiger partial charge on any atom is 0.321 e. The van der Waals surface area contributed by atoms with E-state index in [9.17, 15) is 9.59 Å². The number of amides is 3. The lowest BCUT2D eigenvalue weighted by Gasteiger charge is -2.27. The van der Waals surface area contributed by atoms with E-state index in [1.54, 1.807) is 24.0 Å². The zero-order valence-electron chi connectivity index (χ0n) is 20.2. The zero-order valence-corrected chi connectivity index (χ0v) is 20.2. The number of urea groups is 1. The first-order valence-electron chi connectivity index (χ1n) is 12.0. The second-order valence-corrected chi connectivity index (χ2v) is 8.48. The minimum absolute atomic E-state index is 0.134. The van der Waals surface area contributed by atoms with Gasteiger partial charge in [0.15, 0.2) is 0 Å². The molecule has 1 atom stereocenters. The van der Waals surface area contributed by atoms with Gasteiger partial charge in [0.25, 0.3) is 5.91 Å². The topological polar surface area (TPSA) is 92.3 Å². The number of carbonyl (C=O) groups is 2. The van der Waals surface area contributed by atoms with Gasteiger partial charge in [0.05, 0.1) is 5.71 Å². The molecule has 0 saturated carbocycles. The Hall–Kier alpha value is -4.33. The van der Waals surface area contributed by atoms with Crippen LogP contribution in [0, 0.1) is 0 Å². The largest absolute Gasteiger partial charge is 0.489 e. The summed E-state index contributed by atoms with van der Waals surface area (Å²) in [6.45, 7) is 3.21. The fraction of sp³-hybridized carbons (Fsp3) is 0.250. The molecule has 0 aliphatic carbocycles. The Morgan fingerprint density at radius 2 is 1.47 bits per heavy atom. The van der Waals surface area contributed by atoms with Gasteiger partial charge >= 0.3 is 6.03 Å². The molecule has 0 aromatic heterocycles. The number of benzene rings is 3. The van der Waals surface area contributed by atoms with Gasteiger partial charge in [0.1, 0.15) is 12.4 Å². The average molecular weight is 487 g/mol. The van der Waals surface area contributed by atoms with E-state index in [0.29, 0.717) is 38.2 Å². The molecule has 3 aromatic rings. The molecule has 8 nitrogen and oxygen atoms in total. The van der Waals surface area contributed by atoms with Crippen molar-refractivity contribution in [3.8, 4) is 5.75 Å². The molecule has 1 saturated heterocycles. The van der Waals surface area contributed by atoms with Gasteiger partial charge in [-0.15, -0.1) is 0 Å². The van der Waals surface area contributed by atoms with Crippen molar-refractivity contribution in [3.63, 3.8) is 0 Å². The molecule has 0 bridgehead atoms. The van der Waals surface area contributed by atoms with E-state index in [1.807, 2.05) is 72.8 Å². The molecule has 0 unspecified atom stereocenters. The van der Waals surface area contributed by atoms with E-state index in [1.165, 1.54) is 0 Å². The van der Waals surface area contributed by atoms with Crippen LogP contribution in [0.1, 0.15) is 25.3 Å². The molecule has 0 radical (unpaired) electrons. The van der Waals surface area contributed by atoms with Gasteiger partial charge in [-0.3, -0.25) is 4.79 Å². The molecule has 8 heteroatoms. The first-order valence-corrected chi connectivity index (χ1v) is 12.0. The van der Waals surface area contributed by atoms with Crippen LogP contribution < -0.4 is 15.4 Å². The summed E-state index contributed by atoms with van der Waals surface area (Å²) in [6, 6.07) is 26.3. The molecule has 3 amide bonds. The highest BCUT2D eigenvalue weighted by Gasteiger charge is 2.21. The zero-order chi connectivity index (χ0) is 25.2. The van der Waals surface area contributed by atoms with Crippen molar-refractivity contribution in [3.05, 3.63) is 90.5 Å². The molecule has 1 aliphatic heterocycles. The predicted molar refractivity (Wildman–Crippen MR) is 140 cm³/mol. The number of hydrogen-bond acceptors (Lipinski definition) is 5. The van der Waals surface area contributed by atoms with Gasteiger partial charge in [-0.25, -0.2) is 4.79 Å². The summed E-state index contributed by atoms with van der Waals surface area (Å²) in [5.74, 6) is 0.424. The van der Waals surface area contributed by atoms with E-state index in [4.69, 9.17) is 9.57 Å². The lowest BCUT2D eigenvalue weighted by atomic mass is 10.1. The van der Waals surface area contributed by atoms with E-state index in [2.05, 4.69) is 15.8 Å². The number of ether oxygens (including phenoxy) is 1. The molecule has 1 aliphatic rings. The second-order valence-electron chi connectivity index (χ2n) is 8.48. The number of likely N-dealkylation sites (tertiary alicyclic amines) is 1. The van der Waals surface area contributed by atoms with Gasteiger partial charge < -0.3 is 25.1 Å². The third-order valence-corrected chi connectivity index (χ3v) is 5.73. The number of carbonyl (C=O) groups excluding carboxylic acids is 2. The maximum atomic E-state index is 12.5. The lowest BCUT2D eigenvalue weighted by molar-refractivity contribution is -0.126. The maximum absolute atomic E-state index is 12.5. The number of nitrogens with one attached hydrogen (secondary N) is 2. The number of piperidine rings is 1. The van der Waals surface area contributed by atoms with Gasteiger partial charge in [0.2, 0.25) is 6.10 Å². The van der Waals surface area contributed by atoms with Crippen molar-refractivity contribution in [2.75, 3.05) is 23.7 Å². The number of hydrogen-bond donors (Lipinski definition) is 2. The van der Waals surface area contributed by atoms with Crippen LogP contribution in [0.25, 0.3) is 0 Å². The van der Waals surface area contributed by atoms with Crippen molar-refractivity contribution in [1.82, 2.24) is 4.90 Å². The van der Waals surface area contributed by atoms with Crippen LogP contribution >= 0.6 is 0 Å². The van der Waals surface area contributed by atoms with Crippen LogP contribution in [-0.4, -0.2) is 41.7 Å². The summed E-state index contributed by atoms with van der Waals surface area (Å²) in [5, 5.41) is 9.88. The number of oxime groups is 1. The highest BCUT2D eigenvalue weighted by Crippen LogP contribution is 2.18. The molecule has 0 spiro atoms. The Morgan fingerprint density at radius 3 is 2.14 bits per heavy atom. The summed E-state index contributed by atoms with van der Waals surface area (Å²) < 4.78 is 5.77. The molecule has 3 aromatic carbocycles. The van der Waals surface area contributed by atoms with E-state index in [0.717, 1.165) is 22.7 Å². The predicted octanol–water partition coefficient (Wildman–Crippen LogP) is 5.29. The third kappa shape index (κ3) is 7.33. The quantitative estimate of drug-likeness (QED) is 0.423. The van der Waals surface area contributed by atoms with Crippen LogP contribution in [0.2, 0.25) is 0 Å². The second kappa shape index (κ2) is 12.4. The van der Waals surface area contributed by atoms with Gasteiger partial charge in [-0.1, -0.05) is 53.7 Å². The molecule has 36 heavy (non-hydrogen) atoms. The molecule has 186 valence electrons. The van der Waals surface area contributed by atoms with E-state index >= 15 is 0 Å². The third-order valence-electron chi connectivity index (χ3n) is 5.73. The molecular formula is C28H30N4O4. The van der Waals surface area contributed by atoms with Crippen molar-refractivity contribution in [2.24, 2.45) is 5.16 Å². The summed E-state index contributed by atoms with van der Waals surface area (Å²) in [6.07, 6.45) is 0.438. The van der Waals surface area contributed by atoms with Crippen LogP contribution in [0.3, 0.4) is 0 Å². The number of para-hydroxylation sites is 1. The first-order chi connectivity index (χ1) is 17.6. The van der Waals surface area contributed by atoms with Gasteiger partial charge in [-0.05, 0) is 48.9 Å². The van der Waals surface area contributed by atoms with Gasteiger partial charge in [0, 0.05) is 37.3 Å². The SMILES string of the molecule is C[C@H](ON=C1CCN(C(=O)Nc2ccccc2)CC1)C(=O)Nc1ccc(OCc2ccccc2)cc1. The van der Waals surface area contributed by atoms with Crippen molar-refractivity contribution in [2.45, 2.75) is 32.5 Å². The van der Waals surface area contributed by atoms with Crippen LogP contribution in [0.15, 0.2) is 90.1 Å². The molecule has 1 fully saturated rings. The fourth-order valence-electron chi connectivity index (χ4n) is 3.60. The van der Waals surface area contributed by atoms with E-state index < -0.39 is 6.10 Å². The highest BCUT2D eigenvalue weighted by molar-refractivity contribution is 5.94. The Morgan fingerprint density at radius 1 is 0.861 bits per heavy atom. The summed E-state index contributed by atoms with van der Waals surface area (Å²) in [7, 11) is 0. The Labute approximate surface area is 210 Å². The minimum Gasteiger partial charge on any atom is -0.489 e. The Bertz CT molecular complexity index is 1160. The number of rotatable bonds is 8. The van der Waals surface area contributed by atoms with Gasteiger partial charge in [-0.2, -0.15) is 0 Å². The first kappa shape index (κ1) is 24.8. The Balaban J connectivity index is 1.18. The van der Waals surface area contributed by atoms with Crippen molar-refractivity contribution < 1.29 is 19.2 Å². The van der Waals surface area contributed by atoms with E-state index in [-0.39, 0.29) is 11.9 Å². The standard InChI is InChI=1S/C28H30N4O4/c1-21(27(33)29-24-12-14-26(15-13-24)35-20-22-8-4-2-5-9-22)36-31-25-16-18-32(19-17-25)28(34)30-23-10-6-3-7-11-23/h2-15,21H,16-20H2,1H3,(H,29,33)(H,30,34)/t21-/m0/s1. The van der Waals surface area contributed by atoms with Crippen molar-refractivity contribution >= 4 is 29.0 Å². The summed E-state index contributed by atoms with van der Waals surface area (Å²) >= 11 is 0. The summed E-state index contributed by atoms with van der Waals surface area (Å²) in [5.41, 5.74) is 3.33. The molecule has 4 rings (SSSR count). The highest BCUT2D eigenvalue weighted by atomic mass is 16.6.